The van der Waals surface area contributed by atoms with Crippen LogP contribution in [0, 0.1) is 41.7 Å². The zero-order valence-electron chi connectivity index (χ0n) is 8.01. The molecule has 0 unspecified atom stereocenters. The van der Waals surface area contributed by atoms with Crippen molar-refractivity contribution in [2.24, 2.45) is 0 Å². The van der Waals surface area contributed by atoms with E-state index in [4.69, 9.17) is 0 Å². The summed E-state index contributed by atoms with van der Waals surface area (Å²) in [5.74, 6) is 0. The average Bonchev–Trinajstić information content (AvgIpc) is 2.29. The standard InChI is InChI=1S/C12H8N2.Ce/c1-3-9-5-6-11-10(4-2-7-13-11)12(9)14-8-1;/h1-8H;. The van der Waals surface area contributed by atoms with Crippen LogP contribution in [0.25, 0.3) is 21.8 Å². The molecule has 3 aromatic rings. The topological polar surface area (TPSA) is 25.8 Å². The van der Waals surface area contributed by atoms with Gasteiger partial charge in [-0.25, -0.2) is 0 Å². The molecule has 0 saturated carbocycles. The molecule has 0 aliphatic carbocycles. The Kier molecular flexibility index (Phi) is 3.28. The molecule has 70 valence electrons. The predicted molar refractivity (Wildman–Crippen MR) is 57.0 cm³/mol. The molecule has 0 atom stereocenters. The van der Waals surface area contributed by atoms with Gasteiger partial charge >= 0.3 is 0 Å². The van der Waals surface area contributed by atoms with Gasteiger partial charge in [-0.3, -0.25) is 9.97 Å². The van der Waals surface area contributed by atoms with Crippen LogP contribution in [0.3, 0.4) is 0 Å². The summed E-state index contributed by atoms with van der Waals surface area (Å²) in [6.45, 7) is 0. The van der Waals surface area contributed by atoms with Crippen molar-refractivity contribution in [3.05, 3.63) is 48.8 Å². The maximum absolute atomic E-state index is 4.37. The van der Waals surface area contributed by atoms with Gasteiger partial charge in [0.25, 0.3) is 0 Å². The molecule has 0 aliphatic heterocycles. The van der Waals surface area contributed by atoms with Gasteiger partial charge in [-0.2, -0.15) is 0 Å². The Labute approximate surface area is 121 Å². The third kappa shape index (κ3) is 1.89. The van der Waals surface area contributed by atoms with Gasteiger partial charge < -0.3 is 0 Å². The molecule has 2 heterocycles. The largest absolute Gasteiger partial charge is 0.256 e. The second kappa shape index (κ2) is 4.51. The maximum atomic E-state index is 4.37. The summed E-state index contributed by atoms with van der Waals surface area (Å²) in [5, 5.41) is 2.28. The summed E-state index contributed by atoms with van der Waals surface area (Å²) in [7, 11) is 0. The van der Waals surface area contributed by atoms with Crippen LogP contribution in [0.4, 0.5) is 0 Å². The van der Waals surface area contributed by atoms with Crippen LogP contribution in [0.5, 0.6) is 0 Å². The number of pyridine rings is 2. The van der Waals surface area contributed by atoms with Gasteiger partial charge in [-0.1, -0.05) is 12.1 Å². The number of fused-ring (bicyclic) bond motifs is 3. The number of hydrogen-bond donors (Lipinski definition) is 0. The Hall–Kier alpha value is -0.583. The third-order valence-electron chi connectivity index (χ3n) is 2.35. The van der Waals surface area contributed by atoms with Crippen LogP contribution in [0.15, 0.2) is 48.8 Å². The smallest absolute Gasteiger partial charge is 0.0795 e. The summed E-state index contributed by atoms with van der Waals surface area (Å²) in [6, 6.07) is 12.1. The molecule has 0 saturated heterocycles. The van der Waals surface area contributed by atoms with Crippen molar-refractivity contribution in [3.8, 4) is 0 Å². The van der Waals surface area contributed by atoms with Crippen molar-refractivity contribution in [1.29, 1.82) is 0 Å². The predicted octanol–water partition coefficient (Wildman–Crippen LogP) is 2.78. The number of hydrogen-bond acceptors (Lipinski definition) is 2. The van der Waals surface area contributed by atoms with E-state index in [1.807, 2.05) is 24.4 Å². The fourth-order valence-corrected chi connectivity index (χ4v) is 1.70. The molecule has 3 rings (SSSR count). The molecule has 2 aromatic heterocycles. The van der Waals surface area contributed by atoms with Crippen molar-refractivity contribution in [1.82, 2.24) is 9.97 Å². The Bertz CT molecular complexity index is 553. The fraction of sp³-hybridized carbons (Fsp3) is 0. The Morgan fingerprint density at radius 3 is 2.53 bits per heavy atom. The van der Waals surface area contributed by atoms with E-state index in [9.17, 15) is 0 Å². The van der Waals surface area contributed by atoms with Crippen LogP contribution < -0.4 is 0 Å². The molecule has 0 radical (unpaired) electrons. The van der Waals surface area contributed by atoms with Crippen LogP contribution in [0.2, 0.25) is 0 Å². The summed E-state index contributed by atoms with van der Waals surface area (Å²) in [4.78, 5) is 8.66. The minimum absolute atomic E-state index is 0. The van der Waals surface area contributed by atoms with Crippen molar-refractivity contribution in [2.45, 2.75) is 0 Å². The zero-order valence-corrected chi connectivity index (χ0v) is 11.2. The van der Waals surface area contributed by atoms with Crippen LogP contribution in [-0.2, 0) is 0 Å². The SMILES string of the molecule is [Ce].c1cnc2c(c1)ccc1ncccc12. The molecule has 2 nitrogen and oxygen atoms in total. The van der Waals surface area contributed by atoms with Crippen molar-refractivity contribution in [2.75, 3.05) is 0 Å². The first-order valence-electron chi connectivity index (χ1n) is 4.53. The van der Waals surface area contributed by atoms with Gasteiger partial charge in [-0.15, -0.1) is 0 Å². The molecule has 0 bridgehead atoms. The molecule has 0 amide bonds. The molecule has 0 spiro atoms. The minimum Gasteiger partial charge on any atom is -0.256 e. The monoisotopic (exact) mass is 320 g/mol. The first-order valence-corrected chi connectivity index (χ1v) is 4.53. The van der Waals surface area contributed by atoms with Gasteiger partial charge in [0.15, 0.2) is 0 Å². The van der Waals surface area contributed by atoms with Gasteiger partial charge in [-0.05, 0) is 24.3 Å². The maximum Gasteiger partial charge on any atom is 0.0795 e. The average molecular weight is 320 g/mol. The van der Waals surface area contributed by atoms with Crippen LogP contribution in [-0.4, -0.2) is 9.97 Å². The number of nitrogens with zero attached hydrogens (tertiary/aromatic N) is 2. The van der Waals surface area contributed by atoms with Crippen molar-refractivity contribution < 1.29 is 41.7 Å². The summed E-state index contributed by atoms with van der Waals surface area (Å²) in [5.41, 5.74) is 2.02. The Balaban J connectivity index is 0.000000853. The number of aromatic nitrogens is 2. The molecule has 15 heavy (non-hydrogen) atoms. The van der Waals surface area contributed by atoms with Crippen molar-refractivity contribution in [3.63, 3.8) is 0 Å². The molecule has 0 fully saturated rings. The molecule has 3 heteroatoms. The zero-order chi connectivity index (χ0) is 9.38. The minimum atomic E-state index is 0. The van der Waals surface area contributed by atoms with E-state index in [-0.39, 0.29) is 41.7 Å². The van der Waals surface area contributed by atoms with Gasteiger partial charge in [0, 0.05) is 64.9 Å². The molecule has 0 N–H and O–H groups in total. The van der Waals surface area contributed by atoms with E-state index in [2.05, 4.69) is 28.2 Å². The Morgan fingerprint density at radius 2 is 1.60 bits per heavy atom. The summed E-state index contributed by atoms with van der Waals surface area (Å²) < 4.78 is 0. The van der Waals surface area contributed by atoms with Gasteiger partial charge in [0.2, 0.25) is 0 Å². The van der Waals surface area contributed by atoms with Gasteiger partial charge in [0.05, 0.1) is 11.0 Å². The Morgan fingerprint density at radius 1 is 0.800 bits per heavy atom. The van der Waals surface area contributed by atoms with Crippen LogP contribution >= 0.6 is 0 Å². The first-order chi connectivity index (χ1) is 6.95. The third-order valence-corrected chi connectivity index (χ3v) is 2.35. The molecular formula is C12H8CeN2. The van der Waals surface area contributed by atoms with E-state index < -0.39 is 0 Å². The van der Waals surface area contributed by atoms with Crippen LogP contribution in [0.1, 0.15) is 0 Å². The van der Waals surface area contributed by atoms with E-state index in [0.29, 0.717) is 0 Å². The van der Waals surface area contributed by atoms with Gasteiger partial charge in [0.1, 0.15) is 0 Å². The summed E-state index contributed by atoms with van der Waals surface area (Å²) >= 11 is 0. The van der Waals surface area contributed by atoms with E-state index in [1.54, 1.807) is 6.20 Å². The second-order valence-electron chi connectivity index (χ2n) is 3.21. The molecular weight excluding hydrogens is 312 g/mol. The molecule has 0 aliphatic rings. The van der Waals surface area contributed by atoms with Crippen molar-refractivity contribution >= 4 is 21.8 Å². The summed E-state index contributed by atoms with van der Waals surface area (Å²) in [6.07, 6.45) is 3.62. The number of benzene rings is 1. The first kappa shape index (κ1) is 10.9. The normalized spacial score (nSPS) is 10.1. The quantitative estimate of drug-likeness (QED) is 0.595. The van der Waals surface area contributed by atoms with E-state index in [1.165, 1.54) is 0 Å². The fourth-order valence-electron chi connectivity index (χ4n) is 1.70. The molecule has 1 aromatic carbocycles. The number of rotatable bonds is 0. The van der Waals surface area contributed by atoms with E-state index >= 15 is 0 Å². The second-order valence-corrected chi connectivity index (χ2v) is 3.21. The van der Waals surface area contributed by atoms with E-state index in [0.717, 1.165) is 21.8 Å².